The Balaban J connectivity index is 0.000000917. The summed E-state index contributed by atoms with van der Waals surface area (Å²) in [5.41, 5.74) is 4.15. The topological polar surface area (TPSA) is 80.0 Å². The van der Waals surface area contributed by atoms with E-state index in [1.165, 1.54) is 12.5 Å². The number of hydrogen-bond acceptors (Lipinski definition) is 5. The quantitative estimate of drug-likeness (QED) is 0.577. The van der Waals surface area contributed by atoms with Crippen molar-refractivity contribution in [2.45, 2.75) is 59.0 Å². The Morgan fingerprint density at radius 2 is 1.97 bits per heavy atom. The second kappa shape index (κ2) is 11.0. The molecular formula is C26H36FN7O. The fourth-order valence-electron chi connectivity index (χ4n) is 4.66. The van der Waals surface area contributed by atoms with E-state index in [2.05, 4.69) is 34.3 Å². The van der Waals surface area contributed by atoms with E-state index in [4.69, 9.17) is 5.10 Å². The molecule has 188 valence electrons. The average molecular weight is 482 g/mol. The van der Waals surface area contributed by atoms with E-state index < -0.39 is 0 Å². The molecule has 2 N–H and O–H groups in total. The van der Waals surface area contributed by atoms with Crippen LogP contribution in [0.15, 0.2) is 30.6 Å². The molecule has 5 rings (SSSR count). The molecule has 1 fully saturated rings. The average Bonchev–Trinajstić information content (AvgIpc) is 3.45. The number of nitrogens with zero attached hydrogens (tertiary/aromatic N) is 5. The highest BCUT2D eigenvalue weighted by atomic mass is 19.1. The number of benzene rings is 1. The third kappa shape index (κ3) is 5.56. The largest absolute Gasteiger partial charge is 0.338 e. The number of amides is 1. The summed E-state index contributed by atoms with van der Waals surface area (Å²) in [4.78, 5) is 13.8. The summed E-state index contributed by atoms with van der Waals surface area (Å²) >= 11 is 0. The van der Waals surface area contributed by atoms with Gasteiger partial charge in [-0.2, -0.15) is 10.2 Å². The lowest BCUT2D eigenvalue weighted by Gasteiger charge is -2.29. The molecule has 8 nitrogen and oxygen atoms in total. The second-order valence-electron chi connectivity index (χ2n) is 9.32. The smallest absolute Gasteiger partial charge is 0.219 e. The van der Waals surface area contributed by atoms with Crippen molar-refractivity contribution in [2.75, 3.05) is 25.0 Å². The predicted molar refractivity (Wildman–Crippen MR) is 136 cm³/mol. The number of hydrogen-bond donors (Lipinski definition) is 2. The van der Waals surface area contributed by atoms with E-state index in [9.17, 15) is 4.79 Å². The molecule has 35 heavy (non-hydrogen) atoms. The molecule has 9 heteroatoms. The van der Waals surface area contributed by atoms with E-state index in [1.807, 2.05) is 24.2 Å². The van der Waals surface area contributed by atoms with E-state index in [1.54, 1.807) is 23.9 Å². The summed E-state index contributed by atoms with van der Waals surface area (Å²) in [7, 11) is 1.84. The molecule has 4 heterocycles. The van der Waals surface area contributed by atoms with Crippen molar-refractivity contribution in [1.29, 1.82) is 0 Å². The van der Waals surface area contributed by atoms with Crippen LogP contribution in [0.1, 0.15) is 57.3 Å². The molecule has 2 aromatic heterocycles. The third-order valence-corrected chi connectivity index (χ3v) is 6.45. The van der Waals surface area contributed by atoms with Crippen molar-refractivity contribution in [3.8, 4) is 11.1 Å². The number of aromatic nitrogens is 4. The van der Waals surface area contributed by atoms with Gasteiger partial charge in [-0.25, -0.2) is 4.39 Å². The first-order valence-corrected chi connectivity index (χ1v) is 12.5. The minimum absolute atomic E-state index is 0.0446. The Bertz CT molecular complexity index is 1160. The van der Waals surface area contributed by atoms with Crippen LogP contribution in [-0.2, 0) is 24.8 Å². The Kier molecular flexibility index (Phi) is 7.85. The van der Waals surface area contributed by atoms with Crippen LogP contribution in [0.25, 0.3) is 11.1 Å². The molecule has 1 aromatic carbocycles. The van der Waals surface area contributed by atoms with Crippen molar-refractivity contribution in [1.82, 2.24) is 29.8 Å². The van der Waals surface area contributed by atoms with Crippen LogP contribution in [0, 0.1) is 5.82 Å². The second-order valence-corrected chi connectivity index (χ2v) is 9.32. The Morgan fingerprint density at radius 3 is 2.60 bits per heavy atom. The Hall–Kier alpha value is -3.20. The van der Waals surface area contributed by atoms with Crippen molar-refractivity contribution < 1.29 is 9.18 Å². The number of anilines is 2. The molecule has 3 aromatic rings. The van der Waals surface area contributed by atoms with Crippen molar-refractivity contribution in [3.05, 3.63) is 47.7 Å². The van der Waals surface area contributed by atoms with Gasteiger partial charge in [-0.05, 0) is 43.6 Å². The lowest BCUT2D eigenvalue weighted by Crippen LogP contribution is -2.36. The van der Waals surface area contributed by atoms with Gasteiger partial charge in [0, 0.05) is 50.0 Å². The summed E-state index contributed by atoms with van der Waals surface area (Å²) in [6.45, 7) is 8.95. The number of piperidine rings is 1. The monoisotopic (exact) mass is 481 g/mol. The van der Waals surface area contributed by atoms with E-state index in [-0.39, 0.29) is 11.7 Å². The molecule has 0 spiro atoms. The maximum absolute atomic E-state index is 15.0. The summed E-state index contributed by atoms with van der Waals surface area (Å²) in [5.74, 6) is 0.330. The van der Waals surface area contributed by atoms with Gasteiger partial charge in [-0.15, -0.1) is 0 Å². The van der Waals surface area contributed by atoms with Crippen LogP contribution < -0.4 is 10.6 Å². The molecule has 0 bridgehead atoms. The molecule has 0 saturated carbocycles. The molecule has 0 unspecified atom stereocenters. The number of carbonyl (C=O) groups is 1. The van der Waals surface area contributed by atoms with Gasteiger partial charge in [-0.3, -0.25) is 14.2 Å². The van der Waals surface area contributed by atoms with Crippen molar-refractivity contribution >= 4 is 17.4 Å². The lowest BCUT2D eigenvalue weighted by atomic mass is 10.0. The minimum Gasteiger partial charge on any atom is -0.338 e. The first-order chi connectivity index (χ1) is 16.9. The first kappa shape index (κ1) is 24.9. The van der Waals surface area contributed by atoms with Gasteiger partial charge in [-0.1, -0.05) is 26.3 Å². The standard InChI is InChI=1S/C23H28FN7O.C3H8/c1-15(32)30-10-7-22-19(14-30)23(28-31(22)18-5-8-25-9-6-18)27-21-4-3-16(11-20(21)24)17-12-26-29(2)13-17;1-3-2/h3-4,11-13,18,25H,5-10,14H2,1-2H3,(H,27,28);3H2,1-2H3. The van der Waals surface area contributed by atoms with E-state index in [0.29, 0.717) is 30.6 Å². The van der Waals surface area contributed by atoms with Gasteiger partial charge < -0.3 is 15.5 Å². The highest BCUT2D eigenvalue weighted by Crippen LogP contribution is 2.34. The van der Waals surface area contributed by atoms with Crippen LogP contribution in [0.3, 0.4) is 0 Å². The van der Waals surface area contributed by atoms with Crippen molar-refractivity contribution in [3.63, 3.8) is 0 Å². The molecule has 0 radical (unpaired) electrons. The van der Waals surface area contributed by atoms with Crippen LogP contribution in [0.2, 0.25) is 0 Å². The zero-order valence-corrected chi connectivity index (χ0v) is 21.1. The van der Waals surface area contributed by atoms with Crippen LogP contribution >= 0.6 is 0 Å². The highest BCUT2D eigenvalue weighted by molar-refractivity contribution is 5.74. The Morgan fingerprint density at radius 1 is 1.23 bits per heavy atom. The van der Waals surface area contributed by atoms with E-state index in [0.717, 1.165) is 54.7 Å². The van der Waals surface area contributed by atoms with Gasteiger partial charge in [0.2, 0.25) is 5.91 Å². The summed E-state index contributed by atoms with van der Waals surface area (Å²) in [6, 6.07) is 5.44. The minimum atomic E-state index is -0.351. The molecule has 1 amide bonds. The predicted octanol–water partition coefficient (Wildman–Crippen LogP) is 4.41. The number of fused-ring (bicyclic) bond motifs is 1. The number of rotatable bonds is 4. The summed E-state index contributed by atoms with van der Waals surface area (Å²) in [6.07, 6.45) is 7.61. The Labute approximate surface area is 206 Å². The molecule has 2 aliphatic heterocycles. The van der Waals surface area contributed by atoms with Gasteiger partial charge in [0.1, 0.15) is 5.82 Å². The lowest BCUT2D eigenvalue weighted by molar-refractivity contribution is -0.129. The van der Waals surface area contributed by atoms with Gasteiger partial charge >= 0.3 is 0 Å². The van der Waals surface area contributed by atoms with Gasteiger partial charge in [0.15, 0.2) is 5.82 Å². The maximum atomic E-state index is 15.0. The van der Waals surface area contributed by atoms with E-state index >= 15 is 4.39 Å². The number of nitrogens with one attached hydrogen (secondary N) is 2. The van der Waals surface area contributed by atoms with Crippen LogP contribution in [0.4, 0.5) is 15.9 Å². The SMILES string of the molecule is CC(=O)N1CCc2c(c(Nc3ccc(-c4cnn(C)c4)cc3F)nn2C2CCNCC2)C1.CCC. The molecule has 1 saturated heterocycles. The van der Waals surface area contributed by atoms with Crippen LogP contribution in [-0.4, -0.2) is 50.0 Å². The maximum Gasteiger partial charge on any atom is 0.219 e. The van der Waals surface area contributed by atoms with Gasteiger partial charge in [0.05, 0.1) is 24.5 Å². The van der Waals surface area contributed by atoms with Crippen molar-refractivity contribution in [2.24, 2.45) is 7.05 Å². The molecular weight excluding hydrogens is 445 g/mol. The zero-order chi connectivity index (χ0) is 24.9. The number of aryl methyl sites for hydroxylation is 1. The van der Waals surface area contributed by atoms with Gasteiger partial charge in [0.25, 0.3) is 0 Å². The number of halogens is 1. The summed E-state index contributed by atoms with van der Waals surface area (Å²) in [5, 5.41) is 15.7. The first-order valence-electron chi connectivity index (χ1n) is 12.5. The normalized spacial score (nSPS) is 15.9. The highest BCUT2D eigenvalue weighted by Gasteiger charge is 2.29. The fourth-order valence-corrected chi connectivity index (χ4v) is 4.66. The molecule has 2 aliphatic rings. The molecule has 0 aliphatic carbocycles. The summed E-state index contributed by atoms with van der Waals surface area (Å²) < 4.78 is 18.8. The molecule has 0 atom stereocenters. The third-order valence-electron chi connectivity index (χ3n) is 6.45. The number of carbonyl (C=O) groups excluding carboxylic acids is 1. The van der Waals surface area contributed by atoms with Crippen LogP contribution in [0.5, 0.6) is 0 Å². The zero-order valence-electron chi connectivity index (χ0n) is 21.1. The fraction of sp³-hybridized carbons (Fsp3) is 0.500.